The summed E-state index contributed by atoms with van der Waals surface area (Å²) in [6.07, 6.45) is 2.75. The van der Waals surface area contributed by atoms with Gasteiger partial charge in [-0.3, -0.25) is 4.79 Å². The van der Waals surface area contributed by atoms with Gasteiger partial charge in [0.25, 0.3) is 0 Å². The van der Waals surface area contributed by atoms with Crippen molar-refractivity contribution < 1.29 is 14.3 Å². The third-order valence-corrected chi connectivity index (χ3v) is 2.47. The normalized spacial score (nSPS) is 10.7. The van der Waals surface area contributed by atoms with Crippen LogP contribution in [0.1, 0.15) is 15.9 Å². The van der Waals surface area contributed by atoms with Crippen LogP contribution in [0, 0.1) is 5.82 Å². The summed E-state index contributed by atoms with van der Waals surface area (Å²) in [6, 6.07) is 12.1. The molecular weight excluding hydrogens is 231 g/mol. The van der Waals surface area contributed by atoms with E-state index in [4.69, 9.17) is 5.11 Å². The van der Waals surface area contributed by atoms with Crippen LogP contribution in [0.3, 0.4) is 0 Å². The second-order valence-electron chi connectivity index (χ2n) is 3.77. The highest BCUT2D eigenvalue weighted by atomic mass is 19.1. The van der Waals surface area contributed by atoms with Crippen molar-refractivity contribution in [2.24, 2.45) is 0 Å². The van der Waals surface area contributed by atoms with Crippen molar-refractivity contribution in [1.82, 2.24) is 0 Å². The fourth-order valence-electron chi connectivity index (χ4n) is 1.50. The molecule has 2 aromatic rings. The molecule has 0 bridgehead atoms. The number of hydrogen-bond donors (Lipinski definition) is 1. The van der Waals surface area contributed by atoms with E-state index in [1.165, 1.54) is 42.5 Å². The zero-order chi connectivity index (χ0) is 13.0. The first kappa shape index (κ1) is 12.0. The Morgan fingerprint density at radius 1 is 1.06 bits per heavy atom. The summed E-state index contributed by atoms with van der Waals surface area (Å²) < 4.78 is 13.3. The molecule has 2 aromatic carbocycles. The van der Waals surface area contributed by atoms with E-state index in [0.29, 0.717) is 11.1 Å². The lowest BCUT2D eigenvalue weighted by Gasteiger charge is -1.97. The quantitative estimate of drug-likeness (QED) is 0.661. The highest BCUT2D eigenvalue weighted by molar-refractivity contribution is 6.06. The van der Waals surface area contributed by atoms with E-state index >= 15 is 0 Å². The van der Waals surface area contributed by atoms with Gasteiger partial charge in [0, 0.05) is 11.1 Å². The lowest BCUT2D eigenvalue weighted by Crippen LogP contribution is -1.93. The number of carbonyl (C=O) groups is 1. The zero-order valence-corrected chi connectivity index (χ0v) is 9.51. The highest BCUT2D eigenvalue weighted by Crippen LogP contribution is 2.12. The highest BCUT2D eigenvalue weighted by Gasteiger charge is 2.02. The molecule has 0 heterocycles. The molecule has 2 nitrogen and oxygen atoms in total. The molecule has 0 aliphatic rings. The van der Waals surface area contributed by atoms with Gasteiger partial charge in [-0.25, -0.2) is 4.39 Å². The average molecular weight is 242 g/mol. The standard InChI is InChI=1S/C15H11FO2/c16-14-4-2-1-3-11(14)7-10-15(18)12-5-8-13(17)9-6-12/h1-10,17H/b10-7+. The molecule has 0 saturated carbocycles. The monoisotopic (exact) mass is 242 g/mol. The Morgan fingerprint density at radius 3 is 2.39 bits per heavy atom. The molecule has 0 radical (unpaired) electrons. The van der Waals surface area contributed by atoms with Crippen LogP contribution in [0.2, 0.25) is 0 Å². The molecular formula is C15H11FO2. The van der Waals surface area contributed by atoms with E-state index in [1.54, 1.807) is 18.2 Å². The Kier molecular flexibility index (Phi) is 3.53. The molecule has 1 N–H and O–H groups in total. The molecule has 0 spiro atoms. The van der Waals surface area contributed by atoms with E-state index in [9.17, 15) is 9.18 Å². The minimum Gasteiger partial charge on any atom is -0.508 e. The number of phenolic OH excluding ortho intramolecular Hbond substituents is 1. The Bertz CT molecular complexity index is 586. The summed E-state index contributed by atoms with van der Waals surface area (Å²) in [6.45, 7) is 0. The van der Waals surface area contributed by atoms with Crippen molar-refractivity contribution in [2.45, 2.75) is 0 Å². The predicted molar refractivity (Wildman–Crippen MR) is 67.9 cm³/mol. The van der Waals surface area contributed by atoms with Crippen LogP contribution in [-0.2, 0) is 0 Å². The fourth-order valence-corrected chi connectivity index (χ4v) is 1.50. The molecule has 18 heavy (non-hydrogen) atoms. The lowest BCUT2D eigenvalue weighted by atomic mass is 10.1. The number of phenols is 1. The third-order valence-electron chi connectivity index (χ3n) is 2.47. The van der Waals surface area contributed by atoms with Crippen LogP contribution in [0.15, 0.2) is 54.6 Å². The van der Waals surface area contributed by atoms with Gasteiger partial charge in [-0.2, -0.15) is 0 Å². The van der Waals surface area contributed by atoms with E-state index in [0.717, 1.165) is 0 Å². The Morgan fingerprint density at radius 2 is 1.72 bits per heavy atom. The molecule has 2 rings (SSSR count). The van der Waals surface area contributed by atoms with Gasteiger partial charge in [-0.05, 0) is 42.5 Å². The van der Waals surface area contributed by atoms with Crippen LogP contribution in [0.4, 0.5) is 4.39 Å². The van der Waals surface area contributed by atoms with Crippen molar-refractivity contribution in [3.05, 3.63) is 71.6 Å². The van der Waals surface area contributed by atoms with Crippen molar-refractivity contribution in [3.8, 4) is 5.75 Å². The molecule has 0 amide bonds. The van der Waals surface area contributed by atoms with Crippen LogP contribution >= 0.6 is 0 Å². The number of hydrogen-bond acceptors (Lipinski definition) is 2. The number of benzene rings is 2. The van der Waals surface area contributed by atoms with Crippen LogP contribution in [0.5, 0.6) is 5.75 Å². The maximum absolute atomic E-state index is 13.3. The van der Waals surface area contributed by atoms with Gasteiger partial charge in [0.15, 0.2) is 5.78 Å². The second kappa shape index (κ2) is 5.27. The number of allylic oxidation sites excluding steroid dienone is 1. The van der Waals surface area contributed by atoms with Gasteiger partial charge in [-0.1, -0.05) is 18.2 Å². The van der Waals surface area contributed by atoms with E-state index in [1.807, 2.05) is 0 Å². The van der Waals surface area contributed by atoms with Crippen LogP contribution in [0.25, 0.3) is 6.08 Å². The van der Waals surface area contributed by atoms with Crippen LogP contribution < -0.4 is 0 Å². The first-order chi connectivity index (χ1) is 8.66. The molecule has 0 fully saturated rings. The Hall–Kier alpha value is -2.42. The topological polar surface area (TPSA) is 37.3 Å². The number of halogens is 1. The summed E-state index contributed by atoms with van der Waals surface area (Å²) in [5.41, 5.74) is 0.810. The van der Waals surface area contributed by atoms with Gasteiger partial charge >= 0.3 is 0 Å². The van der Waals surface area contributed by atoms with Gasteiger partial charge in [0.05, 0.1) is 0 Å². The maximum Gasteiger partial charge on any atom is 0.185 e. The first-order valence-electron chi connectivity index (χ1n) is 5.43. The zero-order valence-electron chi connectivity index (χ0n) is 9.51. The van der Waals surface area contributed by atoms with Gasteiger partial charge < -0.3 is 5.11 Å². The summed E-state index contributed by atoms with van der Waals surface area (Å²) >= 11 is 0. The van der Waals surface area contributed by atoms with Gasteiger partial charge in [0.2, 0.25) is 0 Å². The minimum atomic E-state index is -0.368. The van der Waals surface area contributed by atoms with Gasteiger partial charge in [0.1, 0.15) is 11.6 Å². The van der Waals surface area contributed by atoms with Crippen molar-refractivity contribution in [3.63, 3.8) is 0 Å². The second-order valence-corrected chi connectivity index (χ2v) is 3.77. The smallest absolute Gasteiger partial charge is 0.185 e. The van der Waals surface area contributed by atoms with Gasteiger partial charge in [-0.15, -0.1) is 0 Å². The number of rotatable bonds is 3. The molecule has 0 aliphatic carbocycles. The van der Waals surface area contributed by atoms with E-state index in [2.05, 4.69) is 0 Å². The Balaban J connectivity index is 2.17. The summed E-state index contributed by atoms with van der Waals surface area (Å²) in [4.78, 5) is 11.7. The summed E-state index contributed by atoms with van der Waals surface area (Å²) in [7, 11) is 0. The van der Waals surface area contributed by atoms with Crippen LogP contribution in [-0.4, -0.2) is 10.9 Å². The average Bonchev–Trinajstić information content (AvgIpc) is 2.38. The largest absolute Gasteiger partial charge is 0.508 e. The molecule has 0 aromatic heterocycles. The van der Waals surface area contributed by atoms with Crippen molar-refractivity contribution >= 4 is 11.9 Å². The summed E-state index contributed by atoms with van der Waals surface area (Å²) in [5, 5.41) is 9.10. The number of ketones is 1. The molecule has 3 heteroatoms. The van der Waals surface area contributed by atoms with Crippen molar-refractivity contribution in [2.75, 3.05) is 0 Å². The fraction of sp³-hybridized carbons (Fsp3) is 0. The molecule has 0 unspecified atom stereocenters. The minimum absolute atomic E-state index is 0.102. The predicted octanol–water partition coefficient (Wildman–Crippen LogP) is 3.43. The third kappa shape index (κ3) is 2.83. The first-order valence-corrected chi connectivity index (χ1v) is 5.43. The SMILES string of the molecule is O=C(/C=C/c1ccccc1F)c1ccc(O)cc1. The molecule has 90 valence electrons. The number of aromatic hydroxyl groups is 1. The Labute approximate surface area is 104 Å². The van der Waals surface area contributed by atoms with Crippen molar-refractivity contribution in [1.29, 1.82) is 0 Å². The molecule has 0 aliphatic heterocycles. The molecule has 0 saturated heterocycles. The van der Waals surface area contributed by atoms with E-state index in [-0.39, 0.29) is 17.3 Å². The number of carbonyl (C=O) groups excluding carboxylic acids is 1. The maximum atomic E-state index is 13.3. The summed E-state index contributed by atoms with van der Waals surface area (Å²) in [5.74, 6) is -0.504. The lowest BCUT2D eigenvalue weighted by molar-refractivity contribution is 0.104. The molecule has 0 atom stereocenters. The van der Waals surface area contributed by atoms with E-state index < -0.39 is 0 Å².